The Bertz CT molecular complexity index is 881. The number of urea groups is 1. The van der Waals surface area contributed by atoms with Crippen LogP contribution >= 0.6 is 0 Å². The van der Waals surface area contributed by atoms with Gasteiger partial charge in [0.1, 0.15) is 12.1 Å². The molecule has 2 aliphatic heterocycles. The van der Waals surface area contributed by atoms with Crippen LogP contribution in [0.3, 0.4) is 0 Å². The van der Waals surface area contributed by atoms with Crippen LogP contribution in [0.25, 0.3) is 0 Å². The fourth-order valence-corrected chi connectivity index (χ4v) is 3.94. The van der Waals surface area contributed by atoms with Gasteiger partial charge in [-0.1, -0.05) is 17.7 Å². The molecule has 0 radical (unpaired) electrons. The summed E-state index contributed by atoms with van der Waals surface area (Å²) in [6.07, 6.45) is 7.65. The van der Waals surface area contributed by atoms with Crippen molar-refractivity contribution in [1.82, 2.24) is 15.5 Å². The van der Waals surface area contributed by atoms with E-state index in [4.69, 9.17) is 9.47 Å². The van der Waals surface area contributed by atoms with E-state index in [1.54, 1.807) is 25.1 Å². The Morgan fingerprint density at radius 2 is 2.07 bits per heavy atom. The maximum absolute atomic E-state index is 13.0. The van der Waals surface area contributed by atoms with Crippen LogP contribution in [-0.4, -0.2) is 42.6 Å². The van der Waals surface area contributed by atoms with E-state index in [2.05, 4.69) is 16.7 Å². The van der Waals surface area contributed by atoms with Crippen LogP contribution < -0.4 is 20.1 Å². The maximum Gasteiger partial charge on any atom is 0.325 e. The largest absolute Gasteiger partial charge is 0.454 e. The number of ether oxygens (including phenoxy) is 2. The quantitative estimate of drug-likeness (QED) is 0.565. The third-order valence-electron chi connectivity index (χ3n) is 5.68. The number of carbonyl (C=O) groups excluding carboxylic acids is 3. The fraction of sp³-hybridized carbons (Fsp3) is 0.476. The van der Waals surface area contributed by atoms with E-state index in [0.717, 1.165) is 24.2 Å². The Kier molecular flexibility index (Phi) is 5.17. The first-order valence-electron chi connectivity index (χ1n) is 9.96. The Labute approximate surface area is 169 Å². The summed E-state index contributed by atoms with van der Waals surface area (Å²) < 4.78 is 10.7. The minimum atomic E-state index is -1.26. The predicted octanol–water partition coefficient (Wildman–Crippen LogP) is 2.19. The van der Waals surface area contributed by atoms with Crippen LogP contribution in [0.15, 0.2) is 29.8 Å². The van der Waals surface area contributed by atoms with Crippen molar-refractivity contribution in [3.63, 3.8) is 0 Å². The van der Waals surface area contributed by atoms with E-state index in [0.29, 0.717) is 23.6 Å². The summed E-state index contributed by atoms with van der Waals surface area (Å²) in [5.41, 5.74) is 0.680. The van der Waals surface area contributed by atoms with Crippen molar-refractivity contribution in [1.29, 1.82) is 0 Å². The van der Waals surface area contributed by atoms with Crippen molar-refractivity contribution in [2.24, 2.45) is 0 Å². The molecule has 4 rings (SSSR count). The van der Waals surface area contributed by atoms with Crippen LogP contribution in [0.5, 0.6) is 11.5 Å². The SMILES string of the molecule is C[C@]1(c2ccc3c(c2)OCO3)NC(=O)N(CC(=O)NCCC2=CCCCC2)C1=O. The number of nitrogens with zero attached hydrogens (tertiary/aromatic N) is 1. The van der Waals surface area contributed by atoms with Crippen molar-refractivity contribution < 1.29 is 23.9 Å². The van der Waals surface area contributed by atoms with Gasteiger partial charge in [-0.05, 0) is 56.7 Å². The molecular weight excluding hydrogens is 374 g/mol. The summed E-state index contributed by atoms with van der Waals surface area (Å²) in [7, 11) is 0. The minimum Gasteiger partial charge on any atom is -0.454 e. The molecule has 29 heavy (non-hydrogen) atoms. The molecule has 0 bridgehead atoms. The zero-order valence-electron chi connectivity index (χ0n) is 16.5. The van der Waals surface area contributed by atoms with Crippen LogP contribution in [-0.2, 0) is 15.1 Å². The molecule has 154 valence electrons. The number of hydrogen-bond acceptors (Lipinski definition) is 5. The predicted molar refractivity (Wildman–Crippen MR) is 104 cm³/mol. The number of nitrogens with one attached hydrogen (secondary N) is 2. The van der Waals surface area contributed by atoms with Gasteiger partial charge in [-0.25, -0.2) is 4.79 Å². The maximum atomic E-state index is 13.0. The van der Waals surface area contributed by atoms with Gasteiger partial charge in [-0.3, -0.25) is 14.5 Å². The van der Waals surface area contributed by atoms with Crippen molar-refractivity contribution in [3.05, 3.63) is 35.4 Å². The number of fused-ring (bicyclic) bond motifs is 1. The molecule has 1 saturated heterocycles. The van der Waals surface area contributed by atoms with Gasteiger partial charge in [-0.2, -0.15) is 0 Å². The summed E-state index contributed by atoms with van der Waals surface area (Å²) >= 11 is 0. The Balaban J connectivity index is 1.37. The summed E-state index contributed by atoms with van der Waals surface area (Å²) in [6.45, 7) is 1.95. The minimum absolute atomic E-state index is 0.124. The number of benzene rings is 1. The summed E-state index contributed by atoms with van der Waals surface area (Å²) in [4.78, 5) is 38.6. The molecule has 0 spiro atoms. The molecule has 0 saturated carbocycles. The average Bonchev–Trinajstić information content (AvgIpc) is 3.27. The first-order chi connectivity index (χ1) is 14.0. The molecule has 1 atom stereocenters. The third-order valence-corrected chi connectivity index (χ3v) is 5.68. The number of carbonyl (C=O) groups is 3. The average molecular weight is 399 g/mol. The van der Waals surface area contributed by atoms with Gasteiger partial charge in [0, 0.05) is 6.54 Å². The first-order valence-corrected chi connectivity index (χ1v) is 9.96. The number of imide groups is 1. The number of amides is 4. The summed E-state index contributed by atoms with van der Waals surface area (Å²) in [5.74, 6) is 0.309. The van der Waals surface area contributed by atoms with Crippen LogP contribution in [0.1, 0.15) is 44.6 Å². The van der Waals surface area contributed by atoms with E-state index in [1.165, 1.54) is 18.4 Å². The van der Waals surface area contributed by atoms with E-state index >= 15 is 0 Å². The van der Waals surface area contributed by atoms with Crippen molar-refractivity contribution in [2.75, 3.05) is 19.9 Å². The van der Waals surface area contributed by atoms with E-state index in [1.807, 2.05) is 0 Å². The molecule has 8 nitrogen and oxygen atoms in total. The zero-order chi connectivity index (χ0) is 20.4. The monoisotopic (exact) mass is 399 g/mol. The molecule has 0 unspecified atom stereocenters. The number of rotatable bonds is 6. The lowest BCUT2D eigenvalue weighted by atomic mass is 9.91. The second-order valence-electron chi connectivity index (χ2n) is 7.72. The smallest absolute Gasteiger partial charge is 0.325 e. The van der Waals surface area contributed by atoms with E-state index < -0.39 is 17.5 Å². The second-order valence-corrected chi connectivity index (χ2v) is 7.72. The number of allylic oxidation sites excluding steroid dienone is 1. The standard InChI is InChI=1S/C21H25N3O5/c1-21(15-7-8-16-17(11-15)29-13-28-16)19(26)24(20(27)23-21)12-18(25)22-10-9-14-5-3-2-4-6-14/h5,7-8,11H,2-4,6,9-10,12-13H2,1H3,(H,22,25)(H,23,27)/t21-/m1/s1. The molecule has 2 N–H and O–H groups in total. The van der Waals surface area contributed by atoms with Gasteiger partial charge < -0.3 is 20.1 Å². The summed E-state index contributed by atoms with van der Waals surface area (Å²) in [5, 5.41) is 5.51. The second kappa shape index (κ2) is 7.77. The highest BCUT2D eigenvalue weighted by atomic mass is 16.7. The highest BCUT2D eigenvalue weighted by Gasteiger charge is 2.49. The van der Waals surface area contributed by atoms with Crippen molar-refractivity contribution in [3.8, 4) is 11.5 Å². The van der Waals surface area contributed by atoms with Crippen molar-refractivity contribution >= 4 is 17.8 Å². The van der Waals surface area contributed by atoms with Gasteiger partial charge in [-0.15, -0.1) is 0 Å². The zero-order valence-corrected chi connectivity index (χ0v) is 16.5. The number of hydrogen-bond donors (Lipinski definition) is 2. The third kappa shape index (κ3) is 3.79. The molecule has 1 fully saturated rings. The molecule has 1 aromatic carbocycles. The van der Waals surface area contributed by atoms with Gasteiger partial charge >= 0.3 is 6.03 Å². The van der Waals surface area contributed by atoms with Crippen LogP contribution in [0, 0.1) is 0 Å². The van der Waals surface area contributed by atoms with Gasteiger partial charge in [0.15, 0.2) is 11.5 Å². The van der Waals surface area contributed by atoms with Gasteiger partial charge in [0.25, 0.3) is 5.91 Å². The first kappa shape index (κ1) is 19.3. The molecular formula is C21H25N3O5. The highest BCUT2D eigenvalue weighted by molar-refractivity contribution is 6.09. The molecule has 8 heteroatoms. The molecule has 0 aromatic heterocycles. The molecule has 2 heterocycles. The lowest BCUT2D eigenvalue weighted by Gasteiger charge is -2.22. The molecule has 1 aliphatic carbocycles. The van der Waals surface area contributed by atoms with E-state index in [9.17, 15) is 14.4 Å². The van der Waals surface area contributed by atoms with Crippen molar-refractivity contribution in [2.45, 2.75) is 44.6 Å². The molecule has 3 aliphatic rings. The Morgan fingerprint density at radius 3 is 2.86 bits per heavy atom. The Morgan fingerprint density at radius 1 is 1.24 bits per heavy atom. The van der Waals surface area contributed by atoms with Gasteiger partial charge in [0.05, 0.1) is 0 Å². The van der Waals surface area contributed by atoms with E-state index in [-0.39, 0.29) is 19.2 Å². The molecule has 1 aromatic rings. The lowest BCUT2D eigenvalue weighted by Crippen LogP contribution is -2.43. The Hall–Kier alpha value is -3.03. The highest BCUT2D eigenvalue weighted by Crippen LogP contribution is 2.37. The topological polar surface area (TPSA) is 97.0 Å². The summed E-state index contributed by atoms with van der Waals surface area (Å²) in [6, 6.07) is 4.52. The molecule has 4 amide bonds. The van der Waals surface area contributed by atoms with Crippen LogP contribution in [0.4, 0.5) is 4.79 Å². The fourth-order valence-electron chi connectivity index (χ4n) is 3.94. The normalized spacial score (nSPS) is 23.1. The lowest BCUT2D eigenvalue weighted by molar-refractivity contribution is -0.134. The van der Waals surface area contributed by atoms with Gasteiger partial charge in [0.2, 0.25) is 12.7 Å². The van der Waals surface area contributed by atoms with Crippen LogP contribution in [0.2, 0.25) is 0 Å².